The summed E-state index contributed by atoms with van der Waals surface area (Å²) in [5.41, 5.74) is 0.120. The molecule has 0 radical (unpaired) electrons. The van der Waals surface area contributed by atoms with Gasteiger partial charge in [0.05, 0.1) is 16.7 Å². The number of thiazole rings is 1. The van der Waals surface area contributed by atoms with Gasteiger partial charge in [-0.3, -0.25) is 9.52 Å². The number of carbonyl (C=O) groups excluding carboxylic acids is 1. The maximum Gasteiger partial charge on any atom is 0.416 e. The average Bonchev–Trinajstić information content (AvgIpc) is 3.10. The van der Waals surface area contributed by atoms with Gasteiger partial charge in [0.1, 0.15) is 4.34 Å². The molecule has 1 unspecified atom stereocenters. The summed E-state index contributed by atoms with van der Waals surface area (Å²) in [5, 5.41) is 3.04. The van der Waals surface area contributed by atoms with E-state index in [9.17, 15) is 22.2 Å². The molecule has 2 aromatic carbocycles. The van der Waals surface area contributed by atoms with Gasteiger partial charge >= 0.3 is 6.18 Å². The second-order valence-corrected chi connectivity index (χ2v) is 8.62. The number of hydrogen-bond donors (Lipinski definition) is 2. The molecule has 1 heterocycles. The van der Waals surface area contributed by atoms with Gasteiger partial charge in [-0.25, -0.2) is 9.19 Å². The number of nitrogens with zero attached hydrogens (tertiary/aromatic N) is 1. The van der Waals surface area contributed by atoms with Crippen molar-refractivity contribution in [3.63, 3.8) is 0 Å². The van der Waals surface area contributed by atoms with Crippen LogP contribution in [0.3, 0.4) is 0 Å². The lowest BCUT2D eigenvalue weighted by molar-refractivity contribution is -0.137. The van der Waals surface area contributed by atoms with Crippen LogP contribution in [-0.2, 0) is 23.7 Å². The third-order valence-electron chi connectivity index (χ3n) is 3.72. The second kappa shape index (κ2) is 8.93. The molecule has 0 aliphatic carbocycles. The van der Waals surface area contributed by atoms with Crippen LogP contribution in [0.15, 0.2) is 59.6 Å². The molecule has 3 aromatic rings. The highest BCUT2D eigenvalue weighted by atomic mass is 35.5. The Morgan fingerprint density at radius 1 is 1.10 bits per heavy atom. The number of carbonyl (C=O) groups is 1. The van der Waals surface area contributed by atoms with Crippen molar-refractivity contribution >= 4 is 45.0 Å². The molecule has 0 spiro atoms. The Hall–Kier alpha value is -2.43. The molecule has 0 fully saturated rings. The number of nitrogens with one attached hydrogen (secondary N) is 2. The molecule has 152 valence electrons. The minimum absolute atomic E-state index is 0.0804. The maximum absolute atomic E-state index is 12.6. The molecule has 0 aliphatic heterocycles. The van der Waals surface area contributed by atoms with Crippen LogP contribution < -0.4 is 10.0 Å². The molecule has 29 heavy (non-hydrogen) atoms. The molecular formula is C18H13ClF3N3O2S2. The van der Waals surface area contributed by atoms with Crippen LogP contribution in [0.5, 0.6) is 0 Å². The molecule has 1 amide bonds. The van der Waals surface area contributed by atoms with E-state index in [1.807, 2.05) is 0 Å². The standard InChI is InChI=1S/C18H13ClF3N3O2S2/c19-15-10-24-17(28-15)25-29(27)14-7-3-12(4-8-14)16(26)23-9-11-1-5-13(6-2-11)18(20,21)22/h1-8,10H,9H2,(H,23,26)(H,24,25). The van der Waals surface area contributed by atoms with Crippen molar-refractivity contribution < 1.29 is 22.2 Å². The fourth-order valence-corrected chi connectivity index (χ4v) is 4.04. The van der Waals surface area contributed by atoms with Gasteiger partial charge in [-0.2, -0.15) is 13.2 Å². The van der Waals surface area contributed by atoms with E-state index >= 15 is 0 Å². The van der Waals surface area contributed by atoms with Crippen LogP contribution >= 0.6 is 22.9 Å². The number of hydrogen-bond acceptors (Lipinski definition) is 4. The molecular weight excluding hydrogens is 447 g/mol. The zero-order valence-electron chi connectivity index (χ0n) is 14.5. The number of amides is 1. The molecule has 1 atom stereocenters. The normalized spacial score (nSPS) is 12.4. The molecule has 2 N–H and O–H groups in total. The van der Waals surface area contributed by atoms with Crippen LogP contribution in [0.25, 0.3) is 0 Å². The third kappa shape index (κ3) is 5.78. The monoisotopic (exact) mass is 459 g/mol. The number of halogens is 4. The van der Waals surface area contributed by atoms with E-state index in [2.05, 4.69) is 15.0 Å². The predicted octanol–water partition coefficient (Wildman–Crippen LogP) is 4.88. The fourth-order valence-electron chi connectivity index (χ4n) is 2.27. The number of benzene rings is 2. The molecule has 0 bridgehead atoms. The molecule has 5 nitrogen and oxygen atoms in total. The molecule has 0 aliphatic rings. The average molecular weight is 460 g/mol. The highest BCUT2D eigenvalue weighted by molar-refractivity contribution is 7.86. The van der Waals surface area contributed by atoms with Crippen LogP contribution in [0.1, 0.15) is 21.5 Å². The van der Waals surface area contributed by atoms with Gasteiger partial charge < -0.3 is 5.32 Å². The summed E-state index contributed by atoms with van der Waals surface area (Å²) in [6.07, 6.45) is -2.96. The largest absolute Gasteiger partial charge is 0.416 e. The lowest BCUT2D eigenvalue weighted by Gasteiger charge is -2.09. The van der Waals surface area contributed by atoms with Gasteiger partial charge in [0, 0.05) is 12.1 Å². The summed E-state index contributed by atoms with van der Waals surface area (Å²) in [6, 6.07) is 10.6. The Morgan fingerprint density at radius 2 is 1.76 bits per heavy atom. The number of rotatable bonds is 6. The molecule has 0 saturated carbocycles. The molecule has 3 rings (SSSR count). The van der Waals surface area contributed by atoms with E-state index < -0.39 is 28.6 Å². The van der Waals surface area contributed by atoms with E-state index in [-0.39, 0.29) is 6.54 Å². The fraction of sp³-hybridized carbons (Fsp3) is 0.111. The van der Waals surface area contributed by atoms with Crippen molar-refractivity contribution in [3.8, 4) is 0 Å². The SMILES string of the molecule is O=C(NCc1ccc(C(F)(F)F)cc1)c1ccc(S(=O)Nc2ncc(Cl)s2)cc1. The van der Waals surface area contributed by atoms with Gasteiger partial charge in [0.15, 0.2) is 16.1 Å². The smallest absolute Gasteiger partial charge is 0.348 e. The van der Waals surface area contributed by atoms with Crippen molar-refractivity contribution in [1.82, 2.24) is 10.3 Å². The van der Waals surface area contributed by atoms with E-state index in [0.717, 1.165) is 23.5 Å². The van der Waals surface area contributed by atoms with Crippen LogP contribution in [0.2, 0.25) is 4.34 Å². The number of alkyl halides is 3. The summed E-state index contributed by atoms with van der Waals surface area (Å²) < 4.78 is 53.1. The number of anilines is 1. The first-order valence-electron chi connectivity index (χ1n) is 8.06. The van der Waals surface area contributed by atoms with E-state index in [0.29, 0.717) is 25.5 Å². The topological polar surface area (TPSA) is 71.1 Å². The highest BCUT2D eigenvalue weighted by Crippen LogP contribution is 2.29. The third-order valence-corrected chi connectivity index (χ3v) is 5.96. The molecule has 1 aromatic heterocycles. The first-order valence-corrected chi connectivity index (χ1v) is 10.4. The quantitative estimate of drug-likeness (QED) is 0.552. The Bertz CT molecular complexity index is 1020. The lowest BCUT2D eigenvalue weighted by Crippen LogP contribution is -2.22. The zero-order chi connectivity index (χ0) is 21.0. The lowest BCUT2D eigenvalue weighted by atomic mass is 10.1. The predicted molar refractivity (Wildman–Crippen MR) is 106 cm³/mol. The van der Waals surface area contributed by atoms with Gasteiger partial charge in [-0.15, -0.1) is 0 Å². The Morgan fingerprint density at radius 3 is 2.31 bits per heavy atom. The van der Waals surface area contributed by atoms with Gasteiger partial charge in [-0.1, -0.05) is 35.1 Å². The summed E-state index contributed by atoms with van der Waals surface area (Å²) in [7, 11) is -1.57. The highest BCUT2D eigenvalue weighted by Gasteiger charge is 2.29. The van der Waals surface area contributed by atoms with E-state index in [1.54, 1.807) is 0 Å². The van der Waals surface area contributed by atoms with Crippen LogP contribution in [-0.4, -0.2) is 15.1 Å². The Labute approximate surface area is 175 Å². The minimum Gasteiger partial charge on any atom is -0.348 e. The van der Waals surface area contributed by atoms with Crippen LogP contribution in [0.4, 0.5) is 18.3 Å². The van der Waals surface area contributed by atoms with E-state index in [4.69, 9.17) is 11.6 Å². The van der Waals surface area contributed by atoms with Gasteiger partial charge in [-0.05, 0) is 42.0 Å². The maximum atomic E-state index is 12.6. The van der Waals surface area contributed by atoms with Crippen molar-refractivity contribution in [2.45, 2.75) is 17.6 Å². The first-order chi connectivity index (χ1) is 13.7. The minimum atomic E-state index is -4.40. The Balaban J connectivity index is 1.56. The summed E-state index contributed by atoms with van der Waals surface area (Å²) in [6.45, 7) is 0.0804. The molecule has 11 heteroatoms. The summed E-state index contributed by atoms with van der Waals surface area (Å²) in [4.78, 5) is 16.6. The van der Waals surface area contributed by atoms with Crippen molar-refractivity contribution in [2.75, 3.05) is 4.72 Å². The number of aromatic nitrogens is 1. The first kappa shape index (κ1) is 21.3. The second-order valence-electron chi connectivity index (χ2n) is 5.74. The summed E-state index contributed by atoms with van der Waals surface area (Å²) in [5.74, 6) is -0.401. The van der Waals surface area contributed by atoms with Crippen molar-refractivity contribution in [3.05, 3.63) is 75.8 Å². The molecule has 0 saturated heterocycles. The van der Waals surface area contributed by atoms with Crippen molar-refractivity contribution in [2.24, 2.45) is 0 Å². The van der Waals surface area contributed by atoms with Crippen molar-refractivity contribution in [1.29, 1.82) is 0 Å². The van der Waals surface area contributed by atoms with Gasteiger partial charge in [0.25, 0.3) is 5.91 Å². The van der Waals surface area contributed by atoms with Crippen LogP contribution in [0, 0.1) is 0 Å². The zero-order valence-corrected chi connectivity index (χ0v) is 16.9. The Kier molecular flexibility index (Phi) is 6.56. The summed E-state index contributed by atoms with van der Waals surface area (Å²) >= 11 is 6.92. The van der Waals surface area contributed by atoms with Gasteiger partial charge in [0.2, 0.25) is 0 Å². The van der Waals surface area contributed by atoms with E-state index in [1.165, 1.54) is 42.6 Å².